The predicted octanol–water partition coefficient (Wildman–Crippen LogP) is 2.07. The first-order valence-electron chi connectivity index (χ1n) is 5.69. The topological polar surface area (TPSA) is 79.1 Å². The molecule has 0 aliphatic carbocycles. The number of nitrogens with one attached hydrogen (secondary N) is 1. The molecule has 0 fully saturated rings. The van der Waals surface area contributed by atoms with Crippen molar-refractivity contribution >= 4 is 16.9 Å². The summed E-state index contributed by atoms with van der Waals surface area (Å²) in [6.07, 6.45) is 2.57. The van der Waals surface area contributed by atoms with E-state index in [-0.39, 0.29) is 5.92 Å². The Morgan fingerprint density at radius 2 is 2.18 bits per heavy atom. The Kier molecular flexibility index (Phi) is 3.15. The summed E-state index contributed by atoms with van der Waals surface area (Å²) >= 11 is 0. The minimum absolute atomic E-state index is 0.163. The molecule has 90 valence electrons. The highest BCUT2D eigenvalue weighted by molar-refractivity contribution is 5.85. The maximum Gasteiger partial charge on any atom is 0.321 e. The molecule has 0 bridgehead atoms. The van der Waals surface area contributed by atoms with Gasteiger partial charge >= 0.3 is 5.97 Å². The third-order valence-electron chi connectivity index (χ3n) is 3.18. The lowest BCUT2D eigenvalue weighted by atomic mass is 9.89. The Hall–Kier alpha value is -1.81. The molecule has 2 rings (SSSR count). The van der Waals surface area contributed by atoms with Crippen LogP contribution in [0.1, 0.15) is 24.8 Å². The van der Waals surface area contributed by atoms with E-state index in [2.05, 4.69) is 4.98 Å². The van der Waals surface area contributed by atoms with Crippen LogP contribution in [-0.2, 0) is 4.79 Å². The van der Waals surface area contributed by atoms with Crippen molar-refractivity contribution in [1.29, 1.82) is 0 Å². The number of carboxylic acid groups (broad SMARTS) is 1. The first kappa shape index (κ1) is 11.7. The molecule has 4 nitrogen and oxygen atoms in total. The van der Waals surface area contributed by atoms with Crippen LogP contribution >= 0.6 is 0 Å². The van der Waals surface area contributed by atoms with E-state index in [9.17, 15) is 4.79 Å². The molecule has 2 aromatic rings. The average molecular weight is 232 g/mol. The number of para-hydroxylation sites is 1. The van der Waals surface area contributed by atoms with Gasteiger partial charge in [-0.2, -0.15) is 0 Å². The Morgan fingerprint density at radius 3 is 2.82 bits per heavy atom. The van der Waals surface area contributed by atoms with Gasteiger partial charge in [-0.15, -0.1) is 0 Å². The summed E-state index contributed by atoms with van der Waals surface area (Å²) in [5.74, 6) is -1.12. The number of nitrogens with two attached hydrogens (primary N) is 1. The van der Waals surface area contributed by atoms with Crippen molar-refractivity contribution in [3.63, 3.8) is 0 Å². The van der Waals surface area contributed by atoms with Gasteiger partial charge in [0.05, 0.1) is 0 Å². The van der Waals surface area contributed by atoms with Crippen LogP contribution in [0.15, 0.2) is 30.5 Å². The van der Waals surface area contributed by atoms with Gasteiger partial charge in [-0.05, 0) is 18.1 Å². The molecule has 0 saturated carbocycles. The van der Waals surface area contributed by atoms with Crippen molar-refractivity contribution in [1.82, 2.24) is 4.98 Å². The van der Waals surface area contributed by atoms with Gasteiger partial charge < -0.3 is 15.8 Å². The molecule has 1 heterocycles. The lowest BCUT2D eigenvalue weighted by molar-refractivity contribution is -0.139. The van der Waals surface area contributed by atoms with Gasteiger partial charge in [-0.1, -0.05) is 25.1 Å². The second kappa shape index (κ2) is 4.59. The Morgan fingerprint density at radius 1 is 1.47 bits per heavy atom. The van der Waals surface area contributed by atoms with E-state index < -0.39 is 12.0 Å². The summed E-state index contributed by atoms with van der Waals surface area (Å²) in [6.45, 7) is 1.95. The van der Waals surface area contributed by atoms with E-state index in [1.807, 2.05) is 37.4 Å². The molecule has 1 aromatic carbocycles. The number of aliphatic carboxylic acids is 1. The van der Waals surface area contributed by atoms with Gasteiger partial charge in [-0.3, -0.25) is 4.79 Å². The van der Waals surface area contributed by atoms with Gasteiger partial charge in [0.25, 0.3) is 0 Å². The van der Waals surface area contributed by atoms with E-state index in [0.29, 0.717) is 6.42 Å². The van der Waals surface area contributed by atoms with Crippen molar-refractivity contribution in [2.45, 2.75) is 25.3 Å². The van der Waals surface area contributed by atoms with Crippen LogP contribution in [0.2, 0.25) is 0 Å². The van der Waals surface area contributed by atoms with Crippen LogP contribution < -0.4 is 5.73 Å². The highest BCUT2D eigenvalue weighted by Gasteiger charge is 2.26. The zero-order valence-corrected chi connectivity index (χ0v) is 9.68. The number of carboxylic acids is 1. The van der Waals surface area contributed by atoms with Crippen molar-refractivity contribution in [3.05, 3.63) is 36.0 Å². The highest BCUT2D eigenvalue weighted by atomic mass is 16.4. The number of fused-ring (bicyclic) bond motifs is 1. The number of aromatic nitrogens is 1. The zero-order chi connectivity index (χ0) is 12.4. The molecule has 4 N–H and O–H groups in total. The molecule has 0 radical (unpaired) electrons. The molecular weight excluding hydrogens is 216 g/mol. The number of carbonyl (C=O) groups is 1. The Bertz CT molecular complexity index is 533. The van der Waals surface area contributed by atoms with Crippen LogP contribution in [-0.4, -0.2) is 22.1 Å². The van der Waals surface area contributed by atoms with Gasteiger partial charge in [-0.25, -0.2) is 0 Å². The number of rotatable bonds is 4. The van der Waals surface area contributed by atoms with Crippen molar-refractivity contribution in [2.75, 3.05) is 0 Å². The average Bonchev–Trinajstić information content (AvgIpc) is 2.74. The summed E-state index contributed by atoms with van der Waals surface area (Å²) in [6, 6.07) is 6.98. The SMILES string of the molecule is CC[C@@H](c1c[nH]c2ccccc12)[C@H](N)C(=O)O. The summed E-state index contributed by atoms with van der Waals surface area (Å²) in [7, 11) is 0. The van der Waals surface area contributed by atoms with Gasteiger partial charge in [0, 0.05) is 23.0 Å². The smallest absolute Gasteiger partial charge is 0.321 e. The second-order valence-corrected chi connectivity index (χ2v) is 4.17. The molecule has 17 heavy (non-hydrogen) atoms. The minimum atomic E-state index is -0.956. The van der Waals surface area contributed by atoms with Crippen molar-refractivity contribution < 1.29 is 9.90 Å². The first-order valence-corrected chi connectivity index (χ1v) is 5.69. The lowest BCUT2D eigenvalue weighted by Crippen LogP contribution is -2.36. The van der Waals surface area contributed by atoms with Crippen LogP contribution in [0.4, 0.5) is 0 Å². The van der Waals surface area contributed by atoms with E-state index >= 15 is 0 Å². The number of H-pyrrole nitrogens is 1. The molecule has 0 amide bonds. The van der Waals surface area contributed by atoms with E-state index in [1.54, 1.807) is 0 Å². The molecular formula is C13H16N2O2. The lowest BCUT2D eigenvalue weighted by Gasteiger charge is -2.18. The van der Waals surface area contributed by atoms with Crippen LogP contribution in [0.3, 0.4) is 0 Å². The second-order valence-electron chi connectivity index (χ2n) is 4.17. The maximum atomic E-state index is 11.0. The van der Waals surface area contributed by atoms with Crippen LogP contribution in [0.5, 0.6) is 0 Å². The Balaban J connectivity index is 2.47. The van der Waals surface area contributed by atoms with Gasteiger partial charge in [0.2, 0.25) is 0 Å². The fourth-order valence-corrected chi connectivity index (χ4v) is 2.24. The number of benzene rings is 1. The molecule has 0 aliphatic heterocycles. The monoisotopic (exact) mass is 232 g/mol. The van der Waals surface area contributed by atoms with Crippen molar-refractivity contribution in [2.24, 2.45) is 5.73 Å². The normalized spacial score (nSPS) is 14.7. The Labute approximate surface area is 99.4 Å². The van der Waals surface area contributed by atoms with E-state index in [1.165, 1.54) is 0 Å². The van der Waals surface area contributed by atoms with E-state index in [4.69, 9.17) is 10.8 Å². The number of aromatic amines is 1. The van der Waals surface area contributed by atoms with Gasteiger partial charge in [0.15, 0.2) is 0 Å². The summed E-state index contributed by atoms with van der Waals surface area (Å²) < 4.78 is 0. The zero-order valence-electron chi connectivity index (χ0n) is 9.68. The maximum absolute atomic E-state index is 11.0. The molecule has 0 aliphatic rings. The van der Waals surface area contributed by atoms with Crippen molar-refractivity contribution in [3.8, 4) is 0 Å². The standard InChI is InChI=1S/C13H16N2O2/c1-2-8(12(14)13(16)17)10-7-15-11-6-4-3-5-9(10)11/h3-8,12,15H,2,14H2,1H3,(H,16,17)/t8-,12-/m0/s1. The van der Waals surface area contributed by atoms with Crippen LogP contribution in [0, 0.1) is 0 Å². The molecule has 2 atom stereocenters. The molecule has 4 heteroatoms. The molecule has 1 aromatic heterocycles. The largest absolute Gasteiger partial charge is 0.480 e. The number of hydrogen-bond acceptors (Lipinski definition) is 2. The number of hydrogen-bond donors (Lipinski definition) is 3. The third kappa shape index (κ3) is 2.03. The summed E-state index contributed by atoms with van der Waals surface area (Å²) in [5, 5.41) is 10.1. The molecule has 0 spiro atoms. The molecule has 0 saturated heterocycles. The van der Waals surface area contributed by atoms with Crippen LogP contribution in [0.25, 0.3) is 10.9 Å². The first-order chi connectivity index (χ1) is 8.15. The third-order valence-corrected chi connectivity index (χ3v) is 3.18. The summed E-state index contributed by atoms with van der Waals surface area (Å²) in [4.78, 5) is 14.1. The highest BCUT2D eigenvalue weighted by Crippen LogP contribution is 2.29. The fraction of sp³-hybridized carbons (Fsp3) is 0.308. The fourth-order valence-electron chi connectivity index (χ4n) is 2.24. The van der Waals surface area contributed by atoms with Gasteiger partial charge in [0.1, 0.15) is 6.04 Å². The minimum Gasteiger partial charge on any atom is -0.480 e. The quantitative estimate of drug-likeness (QED) is 0.755. The summed E-state index contributed by atoms with van der Waals surface area (Å²) in [5.41, 5.74) is 7.74. The molecule has 0 unspecified atom stereocenters. The predicted molar refractivity (Wildman–Crippen MR) is 66.9 cm³/mol. The van der Waals surface area contributed by atoms with E-state index in [0.717, 1.165) is 16.5 Å².